The monoisotopic (exact) mass is 252 g/mol. The molecule has 1 heterocycles. The van der Waals surface area contributed by atoms with Gasteiger partial charge in [-0.2, -0.15) is 0 Å². The minimum atomic E-state index is 0.416. The van der Waals surface area contributed by atoms with E-state index in [2.05, 4.69) is 13.8 Å². The molecule has 0 amide bonds. The van der Waals surface area contributed by atoms with Crippen molar-refractivity contribution in [3.63, 3.8) is 0 Å². The Morgan fingerprint density at radius 3 is 2.69 bits per heavy atom. The maximum Gasteiger partial charge on any atom is 0.186 e. The molecule has 0 unspecified atom stereocenters. The first-order valence-electron chi connectivity index (χ1n) is 5.10. The third kappa shape index (κ3) is 2.06. The number of hydrogen-bond donors (Lipinski definition) is 1. The van der Waals surface area contributed by atoms with E-state index in [0.29, 0.717) is 15.7 Å². The highest BCUT2D eigenvalue weighted by atomic mass is 35.5. The van der Waals surface area contributed by atoms with Gasteiger partial charge in [0, 0.05) is 16.6 Å². The summed E-state index contributed by atoms with van der Waals surface area (Å²) in [4.78, 5) is 0.518. The van der Waals surface area contributed by atoms with Crippen molar-refractivity contribution in [1.82, 2.24) is 4.57 Å². The molecule has 0 aliphatic heterocycles. The Morgan fingerprint density at radius 2 is 2.12 bits per heavy atom. The first kappa shape index (κ1) is 11.4. The molecule has 0 fully saturated rings. The molecular weight excluding hydrogens is 240 g/mol. The van der Waals surface area contributed by atoms with Crippen LogP contribution in [0.5, 0.6) is 0 Å². The van der Waals surface area contributed by atoms with Gasteiger partial charge in [-0.3, -0.25) is 9.98 Å². The van der Waals surface area contributed by atoms with Gasteiger partial charge in [0.1, 0.15) is 0 Å². The molecule has 16 heavy (non-hydrogen) atoms. The van der Waals surface area contributed by atoms with Gasteiger partial charge in [0.15, 0.2) is 4.80 Å². The third-order valence-electron chi connectivity index (χ3n) is 2.48. The Balaban J connectivity index is 2.67. The van der Waals surface area contributed by atoms with Crippen molar-refractivity contribution in [3.05, 3.63) is 45.2 Å². The van der Waals surface area contributed by atoms with Gasteiger partial charge in [-0.1, -0.05) is 31.5 Å². The predicted octanol–water partition coefficient (Wildman–Crippen LogP) is 3.80. The van der Waals surface area contributed by atoms with Gasteiger partial charge >= 0.3 is 0 Å². The van der Waals surface area contributed by atoms with Crippen LogP contribution in [-0.4, -0.2) is 4.57 Å². The van der Waals surface area contributed by atoms with Crippen LogP contribution in [0.1, 0.15) is 25.3 Å². The van der Waals surface area contributed by atoms with Crippen LogP contribution in [0, 0.1) is 5.41 Å². The van der Waals surface area contributed by atoms with Crippen molar-refractivity contribution >= 4 is 22.9 Å². The summed E-state index contributed by atoms with van der Waals surface area (Å²) >= 11 is 7.43. The molecule has 0 atom stereocenters. The maximum atomic E-state index is 7.83. The molecule has 0 bridgehead atoms. The Bertz CT molecular complexity index is 554. The molecule has 1 aromatic carbocycles. The molecule has 4 heteroatoms. The first-order valence-corrected chi connectivity index (χ1v) is 6.36. The van der Waals surface area contributed by atoms with Gasteiger partial charge in [0.05, 0.1) is 5.69 Å². The molecule has 2 rings (SSSR count). The summed E-state index contributed by atoms with van der Waals surface area (Å²) in [5, 5.41) is 10.5. The fraction of sp³-hybridized carbons (Fsp3) is 0.250. The number of nitrogens with zero attached hydrogens (tertiary/aromatic N) is 1. The van der Waals surface area contributed by atoms with Crippen molar-refractivity contribution < 1.29 is 0 Å². The molecule has 0 aliphatic carbocycles. The summed E-state index contributed by atoms with van der Waals surface area (Å²) in [6.07, 6.45) is 1.91. The quantitative estimate of drug-likeness (QED) is 0.843. The number of nitrogens with one attached hydrogen (secondary N) is 1. The lowest BCUT2D eigenvalue weighted by molar-refractivity contribution is 0.838. The predicted molar refractivity (Wildman–Crippen MR) is 68.6 cm³/mol. The highest BCUT2D eigenvalue weighted by molar-refractivity contribution is 7.07. The average molecular weight is 253 g/mol. The zero-order chi connectivity index (χ0) is 11.7. The van der Waals surface area contributed by atoms with Crippen LogP contribution in [0.3, 0.4) is 0 Å². The Labute approximate surface area is 104 Å². The van der Waals surface area contributed by atoms with E-state index in [9.17, 15) is 0 Å². The topological polar surface area (TPSA) is 28.8 Å². The van der Waals surface area contributed by atoms with Crippen molar-refractivity contribution in [2.75, 3.05) is 0 Å². The minimum Gasteiger partial charge on any atom is -0.293 e. The SMILES string of the molecule is CC(C)c1ccc(Cl)cc1-n1ccsc1=N. The van der Waals surface area contributed by atoms with E-state index < -0.39 is 0 Å². The number of aromatic nitrogens is 1. The molecule has 0 radical (unpaired) electrons. The molecule has 1 aromatic heterocycles. The van der Waals surface area contributed by atoms with Crippen LogP contribution >= 0.6 is 22.9 Å². The van der Waals surface area contributed by atoms with E-state index in [1.54, 1.807) is 0 Å². The molecule has 0 saturated carbocycles. The average Bonchev–Trinajstić information content (AvgIpc) is 2.63. The normalized spacial score (nSPS) is 11.0. The first-order chi connectivity index (χ1) is 7.59. The fourth-order valence-electron chi connectivity index (χ4n) is 1.68. The van der Waals surface area contributed by atoms with Crippen molar-refractivity contribution in [2.45, 2.75) is 19.8 Å². The zero-order valence-corrected chi connectivity index (χ0v) is 10.8. The number of halogens is 1. The Morgan fingerprint density at radius 1 is 1.38 bits per heavy atom. The van der Waals surface area contributed by atoms with Crippen LogP contribution in [0.4, 0.5) is 0 Å². The summed E-state index contributed by atoms with van der Waals surface area (Å²) in [6.45, 7) is 4.28. The summed E-state index contributed by atoms with van der Waals surface area (Å²) in [7, 11) is 0. The maximum absolute atomic E-state index is 7.83. The molecule has 84 valence electrons. The van der Waals surface area contributed by atoms with E-state index in [4.69, 9.17) is 17.0 Å². The molecular formula is C12H13ClN2S. The highest BCUT2D eigenvalue weighted by Crippen LogP contribution is 2.25. The molecule has 0 aliphatic rings. The van der Waals surface area contributed by atoms with Gasteiger partial charge in [-0.05, 0) is 23.6 Å². The molecule has 0 spiro atoms. The van der Waals surface area contributed by atoms with Crippen LogP contribution in [0.2, 0.25) is 5.02 Å². The molecule has 2 nitrogen and oxygen atoms in total. The van der Waals surface area contributed by atoms with Gasteiger partial charge in [-0.15, -0.1) is 11.3 Å². The van der Waals surface area contributed by atoms with Crippen molar-refractivity contribution in [1.29, 1.82) is 5.41 Å². The summed E-state index contributed by atoms with van der Waals surface area (Å²) in [6, 6.07) is 5.85. The van der Waals surface area contributed by atoms with Gasteiger partial charge in [-0.25, -0.2) is 0 Å². The summed E-state index contributed by atoms with van der Waals surface area (Å²) in [5.74, 6) is 0.416. The van der Waals surface area contributed by atoms with Crippen molar-refractivity contribution in [2.24, 2.45) is 0 Å². The van der Waals surface area contributed by atoms with Gasteiger partial charge in [0.25, 0.3) is 0 Å². The van der Waals surface area contributed by atoms with Crippen molar-refractivity contribution in [3.8, 4) is 5.69 Å². The van der Waals surface area contributed by atoms with Crippen LogP contribution < -0.4 is 4.80 Å². The second-order valence-electron chi connectivity index (χ2n) is 3.94. The lowest BCUT2D eigenvalue weighted by Gasteiger charge is -2.13. The Kier molecular flexibility index (Phi) is 3.17. The minimum absolute atomic E-state index is 0.416. The summed E-state index contributed by atoms with van der Waals surface area (Å²) < 4.78 is 1.87. The molecule has 0 saturated heterocycles. The largest absolute Gasteiger partial charge is 0.293 e. The fourth-order valence-corrected chi connectivity index (χ4v) is 2.43. The molecule has 1 N–H and O–H groups in total. The smallest absolute Gasteiger partial charge is 0.186 e. The van der Waals surface area contributed by atoms with Crippen LogP contribution in [-0.2, 0) is 0 Å². The van der Waals surface area contributed by atoms with E-state index >= 15 is 0 Å². The van der Waals surface area contributed by atoms with E-state index in [1.807, 2.05) is 34.3 Å². The summed E-state index contributed by atoms with van der Waals surface area (Å²) in [5.41, 5.74) is 2.22. The number of hydrogen-bond acceptors (Lipinski definition) is 2. The van der Waals surface area contributed by atoms with Crippen LogP contribution in [0.25, 0.3) is 5.69 Å². The second kappa shape index (κ2) is 4.44. The van der Waals surface area contributed by atoms with Crippen LogP contribution in [0.15, 0.2) is 29.8 Å². The third-order valence-corrected chi connectivity index (χ3v) is 3.40. The zero-order valence-electron chi connectivity index (χ0n) is 9.20. The van der Waals surface area contributed by atoms with Gasteiger partial charge < -0.3 is 0 Å². The Hall–Kier alpha value is -1.06. The number of rotatable bonds is 2. The standard InChI is InChI=1S/C12H13ClN2S/c1-8(2)10-4-3-9(13)7-11(10)15-5-6-16-12(15)14/h3-8,14H,1-2H3. The van der Waals surface area contributed by atoms with Gasteiger partial charge in [0.2, 0.25) is 0 Å². The second-order valence-corrected chi connectivity index (χ2v) is 5.27. The number of benzene rings is 1. The van der Waals surface area contributed by atoms with E-state index in [-0.39, 0.29) is 0 Å². The molecule has 2 aromatic rings. The number of thiazole rings is 1. The lowest BCUT2D eigenvalue weighted by Crippen LogP contribution is -2.12. The highest BCUT2D eigenvalue weighted by Gasteiger charge is 2.09. The van der Waals surface area contributed by atoms with E-state index in [1.165, 1.54) is 16.9 Å². The lowest BCUT2D eigenvalue weighted by atomic mass is 10.0. The van der Waals surface area contributed by atoms with E-state index in [0.717, 1.165) is 5.69 Å².